The molecule has 0 radical (unpaired) electrons. The Balaban J connectivity index is 1.79. The topological polar surface area (TPSA) is 58.7 Å². The van der Waals surface area contributed by atoms with Gasteiger partial charge in [0.1, 0.15) is 0 Å². The van der Waals surface area contributed by atoms with E-state index in [0.29, 0.717) is 19.8 Å². The lowest BCUT2D eigenvalue weighted by atomic mass is 9.72. The number of hydrogen-bond acceptors (Lipinski definition) is 4. The van der Waals surface area contributed by atoms with Crippen molar-refractivity contribution in [3.8, 4) is 0 Å². The van der Waals surface area contributed by atoms with Gasteiger partial charge in [-0.2, -0.15) is 0 Å². The fraction of sp³-hybridized carbons (Fsp3) is 1.00. The van der Waals surface area contributed by atoms with Gasteiger partial charge in [-0.15, -0.1) is 0 Å². The Kier molecular flexibility index (Phi) is 2.28. The maximum Gasteiger partial charge on any atom is 0.0893 e. The lowest BCUT2D eigenvalue weighted by Crippen LogP contribution is -2.66. The number of likely N-dealkylation sites (tertiary alicyclic amines) is 1. The molecule has 2 heterocycles. The molecular weight excluding hydrogens is 192 g/mol. The summed E-state index contributed by atoms with van der Waals surface area (Å²) >= 11 is 0. The van der Waals surface area contributed by atoms with Gasteiger partial charge in [-0.1, -0.05) is 0 Å². The third-order valence-electron chi connectivity index (χ3n) is 4.35. The number of aliphatic hydroxyl groups is 1. The van der Waals surface area contributed by atoms with Crippen molar-refractivity contribution in [3.05, 3.63) is 0 Å². The Hall–Kier alpha value is -0.160. The number of nitrogens with zero attached hydrogens (tertiary/aromatic N) is 1. The van der Waals surface area contributed by atoms with Crippen LogP contribution < -0.4 is 5.73 Å². The summed E-state index contributed by atoms with van der Waals surface area (Å²) in [6.07, 6.45) is 2.67. The van der Waals surface area contributed by atoms with Gasteiger partial charge in [0.2, 0.25) is 0 Å². The summed E-state index contributed by atoms with van der Waals surface area (Å²) in [6, 6.07) is 0.787. The smallest absolute Gasteiger partial charge is 0.0893 e. The van der Waals surface area contributed by atoms with Crippen LogP contribution in [-0.4, -0.2) is 54.5 Å². The van der Waals surface area contributed by atoms with Crippen molar-refractivity contribution in [2.24, 2.45) is 17.6 Å². The first-order chi connectivity index (χ1) is 7.24. The molecule has 2 aliphatic heterocycles. The number of hydrogen-bond donors (Lipinski definition) is 2. The Morgan fingerprint density at radius 2 is 1.87 bits per heavy atom. The molecule has 3 aliphatic rings. The van der Waals surface area contributed by atoms with Crippen LogP contribution in [0.1, 0.15) is 12.8 Å². The van der Waals surface area contributed by atoms with Crippen LogP contribution >= 0.6 is 0 Å². The molecule has 2 atom stereocenters. The minimum atomic E-state index is -0.663. The molecule has 0 amide bonds. The summed E-state index contributed by atoms with van der Waals surface area (Å²) in [5.41, 5.74) is 5.08. The zero-order valence-electron chi connectivity index (χ0n) is 9.06. The van der Waals surface area contributed by atoms with E-state index in [9.17, 15) is 5.11 Å². The van der Waals surface area contributed by atoms with Crippen LogP contribution in [0.2, 0.25) is 0 Å². The fourth-order valence-electron chi connectivity index (χ4n) is 3.11. The standard InChI is InChI=1S/C11H20N2O2/c12-7-11(14)8-3-13(10-1-2-10)4-9(11)6-15-5-8/h8-10,14H,1-7,12H2. The quantitative estimate of drug-likeness (QED) is 0.643. The molecule has 0 aromatic rings. The van der Waals surface area contributed by atoms with Crippen LogP contribution in [0.5, 0.6) is 0 Å². The van der Waals surface area contributed by atoms with Gasteiger partial charge in [0, 0.05) is 37.5 Å². The minimum Gasteiger partial charge on any atom is -0.388 e. The number of ether oxygens (including phenoxy) is 1. The fourth-order valence-corrected chi connectivity index (χ4v) is 3.11. The molecule has 86 valence electrons. The number of rotatable bonds is 2. The van der Waals surface area contributed by atoms with Crippen LogP contribution in [0.25, 0.3) is 0 Å². The molecule has 2 unspecified atom stereocenters. The van der Waals surface area contributed by atoms with Crippen molar-refractivity contribution in [2.45, 2.75) is 24.5 Å². The number of fused-ring (bicyclic) bond motifs is 2. The molecule has 2 bridgehead atoms. The summed E-state index contributed by atoms with van der Waals surface area (Å²) < 4.78 is 5.54. The normalized spacial score (nSPS) is 46.8. The van der Waals surface area contributed by atoms with E-state index < -0.39 is 5.60 Å². The largest absolute Gasteiger partial charge is 0.388 e. The molecule has 15 heavy (non-hydrogen) atoms. The highest BCUT2D eigenvalue weighted by molar-refractivity contribution is 5.04. The molecule has 0 spiro atoms. The molecule has 1 saturated carbocycles. The van der Waals surface area contributed by atoms with Gasteiger partial charge < -0.3 is 15.6 Å². The van der Waals surface area contributed by atoms with E-state index in [2.05, 4.69) is 4.90 Å². The molecule has 4 nitrogen and oxygen atoms in total. The van der Waals surface area contributed by atoms with E-state index in [1.807, 2.05) is 0 Å². The van der Waals surface area contributed by atoms with Crippen LogP contribution in [0.15, 0.2) is 0 Å². The van der Waals surface area contributed by atoms with Crippen molar-refractivity contribution in [3.63, 3.8) is 0 Å². The lowest BCUT2D eigenvalue weighted by molar-refractivity contribution is -0.187. The highest BCUT2D eigenvalue weighted by Crippen LogP contribution is 2.40. The second kappa shape index (κ2) is 3.42. The average molecular weight is 212 g/mol. The van der Waals surface area contributed by atoms with Gasteiger partial charge in [-0.05, 0) is 12.8 Å². The summed E-state index contributed by atoms with van der Waals surface area (Å²) in [5.74, 6) is 0.436. The van der Waals surface area contributed by atoms with Crippen LogP contribution in [0.4, 0.5) is 0 Å². The van der Waals surface area contributed by atoms with E-state index in [1.165, 1.54) is 12.8 Å². The first-order valence-corrected chi connectivity index (χ1v) is 5.98. The zero-order valence-corrected chi connectivity index (χ0v) is 9.06. The van der Waals surface area contributed by atoms with E-state index in [-0.39, 0.29) is 11.8 Å². The molecule has 0 aromatic carbocycles. The van der Waals surface area contributed by atoms with Crippen LogP contribution in [0, 0.1) is 11.8 Å². The van der Waals surface area contributed by atoms with E-state index >= 15 is 0 Å². The molecule has 3 N–H and O–H groups in total. The molecule has 2 saturated heterocycles. The minimum absolute atomic E-state index is 0.218. The maximum absolute atomic E-state index is 10.5. The van der Waals surface area contributed by atoms with Crippen molar-refractivity contribution < 1.29 is 9.84 Å². The average Bonchev–Trinajstić information content (AvgIpc) is 3.00. The molecule has 3 fully saturated rings. The van der Waals surface area contributed by atoms with Crippen LogP contribution in [-0.2, 0) is 4.74 Å². The van der Waals surface area contributed by atoms with Gasteiger partial charge >= 0.3 is 0 Å². The van der Waals surface area contributed by atoms with Crippen molar-refractivity contribution >= 4 is 0 Å². The van der Waals surface area contributed by atoms with Gasteiger partial charge in [-0.25, -0.2) is 0 Å². The van der Waals surface area contributed by atoms with Crippen LogP contribution in [0.3, 0.4) is 0 Å². The SMILES string of the molecule is NCC1(O)C2COCC1CN(C1CC1)C2. The first kappa shape index (κ1) is 10.0. The van der Waals surface area contributed by atoms with Gasteiger partial charge in [-0.3, -0.25) is 4.90 Å². The van der Waals surface area contributed by atoms with E-state index in [1.54, 1.807) is 0 Å². The van der Waals surface area contributed by atoms with Gasteiger partial charge in [0.05, 0.1) is 18.8 Å². The summed E-state index contributed by atoms with van der Waals surface area (Å²) in [6.45, 7) is 3.66. The number of nitrogens with two attached hydrogens (primary N) is 1. The third-order valence-corrected chi connectivity index (χ3v) is 4.35. The highest BCUT2D eigenvalue weighted by Gasteiger charge is 2.52. The molecule has 4 heteroatoms. The zero-order chi connectivity index (χ0) is 10.5. The summed E-state index contributed by atoms with van der Waals surface area (Å²) in [4.78, 5) is 2.53. The number of piperidine rings is 1. The summed E-state index contributed by atoms with van der Waals surface area (Å²) in [5, 5.41) is 10.5. The van der Waals surface area contributed by atoms with Crippen molar-refractivity contribution in [1.29, 1.82) is 0 Å². The third kappa shape index (κ3) is 1.51. The Labute approximate surface area is 90.4 Å². The Morgan fingerprint density at radius 3 is 2.33 bits per heavy atom. The second-order valence-electron chi connectivity index (χ2n) is 5.31. The predicted octanol–water partition coefficient (Wildman–Crippen LogP) is -0.583. The monoisotopic (exact) mass is 212 g/mol. The van der Waals surface area contributed by atoms with E-state index in [4.69, 9.17) is 10.5 Å². The molecule has 0 aromatic heterocycles. The molecule has 1 aliphatic carbocycles. The van der Waals surface area contributed by atoms with Crippen molar-refractivity contribution in [1.82, 2.24) is 4.90 Å². The predicted molar refractivity (Wildman–Crippen MR) is 56.4 cm³/mol. The summed E-state index contributed by atoms with van der Waals surface area (Å²) in [7, 11) is 0. The molecule has 3 rings (SSSR count). The Morgan fingerprint density at radius 1 is 1.27 bits per heavy atom. The van der Waals surface area contributed by atoms with E-state index in [0.717, 1.165) is 19.1 Å². The second-order valence-corrected chi connectivity index (χ2v) is 5.31. The van der Waals surface area contributed by atoms with Crippen molar-refractivity contribution in [2.75, 3.05) is 32.8 Å². The van der Waals surface area contributed by atoms with Gasteiger partial charge in [0.25, 0.3) is 0 Å². The highest BCUT2D eigenvalue weighted by atomic mass is 16.5. The maximum atomic E-state index is 10.5. The first-order valence-electron chi connectivity index (χ1n) is 5.98. The van der Waals surface area contributed by atoms with Gasteiger partial charge in [0.15, 0.2) is 0 Å². The molecular formula is C11H20N2O2. The Bertz CT molecular complexity index is 241. The lowest BCUT2D eigenvalue weighted by Gasteiger charge is -2.52.